The molecule has 2 aromatic heterocycles. The predicted octanol–water partition coefficient (Wildman–Crippen LogP) is 7.23. The molecule has 11 nitrogen and oxygen atoms in total. The third-order valence-electron chi connectivity index (χ3n) is 11.6. The number of β-amino-alcohol motifs (C(OH)–C–C–N with tert-alkyl or cyclic N) is 1. The highest BCUT2D eigenvalue weighted by atomic mass is 35.5. The number of nitrogens with one attached hydrogen (secondary N) is 2. The molecule has 55 heavy (non-hydrogen) atoms. The highest BCUT2D eigenvalue weighted by molar-refractivity contribution is 6.36. The van der Waals surface area contributed by atoms with Crippen LogP contribution in [0, 0.1) is 11.3 Å². The van der Waals surface area contributed by atoms with Crippen molar-refractivity contribution in [2.75, 3.05) is 26.7 Å². The van der Waals surface area contributed by atoms with Crippen LogP contribution in [-0.2, 0) is 24.2 Å². The minimum absolute atomic E-state index is 0.0843. The van der Waals surface area contributed by atoms with Crippen LogP contribution in [0.25, 0.3) is 33.7 Å². The van der Waals surface area contributed by atoms with E-state index in [1.165, 1.54) is 0 Å². The monoisotopic (exact) mass is 778 g/mol. The second kappa shape index (κ2) is 14.8. The molecule has 2 saturated heterocycles. The average molecular weight is 780 g/mol. The van der Waals surface area contributed by atoms with Gasteiger partial charge < -0.3 is 29.6 Å². The van der Waals surface area contributed by atoms with Gasteiger partial charge in [0.05, 0.1) is 23.8 Å². The summed E-state index contributed by atoms with van der Waals surface area (Å²) in [4.78, 5) is 23.4. The van der Waals surface area contributed by atoms with Gasteiger partial charge in [-0.2, -0.15) is 10.2 Å². The number of amides is 1. The average Bonchev–Trinajstić information content (AvgIpc) is 4.03. The Hall–Kier alpha value is -4.70. The molecule has 9 rings (SSSR count). The molecule has 4 aliphatic rings. The molecule has 4 atom stereocenters. The fourth-order valence-corrected chi connectivity index (χ4v) is 9.44. The Balaban J connectivity index is 0.972. The van der Waals surface area contributed by atoms with Gasteiger partial charge in [0.1, 0.15) is 28.3 Å². The number of halogens is 2. The molecule has 3 N–H and O–H groups in total. The van der Waals surface area contributed by atoms with Gasteiger partial charge in [0.25, 0.3) is 0 Å². The zero-order chi connectivity index (χ0) is 37.8. The van der Waals surface area contributed by atoms with Crippen molar-refractivity contribution < 1.29 is 23.8 Å². The number of oxazole rings is 1. The lowest BCUT2D eigenvalue weighted by molar-refractivity contribution is -0.119. The maximum atomic E-state index is 11.6. The number of aliphatic hydroxyl groups excluding tert-OH is 1. The Bertz CT molecular complexity index is 2380. The number of carbonyl (C=O) groups is 1. The Morgan fingerprint density at radius 2 is 1.82 bits per heavy atom. The van der Waals surface area contributed by atoms with Gasteiger partial charge in [-0.1, -0.05) is 53.5 Å². The summed E-state index contributed by atoms with van der Waals surface area (Å²) in [6.45, 7) is 2.60. The molecule has 5 aromatic rings. The zero-order valence-corrected chi connectivity index (χ0v) is 31.8. The van der Waals surface area contributed by atoms with Gasteiger partial charge in [-0.15, -0.1) is 0 Å². The Kier molecular flexibility index (Phi) is 9.65. The molecular weight excluding hydrogens is 739 g/mol. The van der Waals surface area contributed by atoms with Crippen LogP contribution < -0.4 is 20.1 Å². The number of likely N-dealkylation sites (tertiary alicyclic amines) is 1. The fraction of sp³-hybridized carbons (Fsp3) is 0.381. The van der Waals surface area contributed by atoms with E-state index in [1.54, 1.807) is 7.11 Å². The highest BCUT2D eigenvalue weighted by Gasteiger charge is 2.36. The maximum Gasteiger partial charge on any atom is 0.236 e. The van der Waals surface area contributed by atoms with E-state index in [4.69, 9.17) is 42.1 Å². The van der Waals surface area contributed by atoms with Crippen LogP contribution in [0.2, 0.25) is 10.0 Å². The summed E-state index contributed by atoms with van der Waals surface area (Å²) >= 11 is 14.0. The zero-order valence-electron chi connectivity index (χ0n) is 30.3. The molecule has 0 spiro atoms. The Morgan fingerprint density at radius 1 is 1.00 bits per heavy atom. The summed E-state index contributed by atoms with van der Waals surface area (Å²) in [6.07, 6.45) is 4.72. The summed E-state index contributed by atoms with van der Waals surface area (Å²) in [7, 11) is 1.57. The molecule has 2 aliphatic carbocycles. The van der Waals surface area contributed by atoms with E-state index in [0.717, 1.165) is 84.0 Å². The number of aromatic nitrogens is 2. The van der Waals surface area contributed by atoms with Crippen LogP contribution in [0.3, 0.4) is 0 Å². The van der Waals surface area contributed by atoms with Crippen LogP contribution in [0.1, 0.15) is 77.6 Å². The fourth-order valence-electron chi connectivity index (χ4n) is 8.91. The van der Waals surface area contributed by atoms with Gasteiger partial charge in [-0.25, -0.2) is 4.98 Å². The maximum absolute atomic E-state index is 11.6. The number of pyridine rings is 1. The molecule has 4 heterocycles. The largest absolute Gasteiger partial charge is 0.481 e. The molecule has 282 valence electrons. The minimum atomic E-state index is -0.314. The quantitative estimate of drug-likeness (QED) is 0.133. The van der Waals surface area contributed by atoms with Crippen molar-refractivity contribution in [3.05, 3.63) is 92.0 Å². The summed E-state index contributed by atoms with van der Waals surface area (Å²) < 4.78 is 18.5. The number of benzene rings is 3. The number of hydrogen-bond acceptors (Lipinski definition) is 10. The van der Waals surface area contributed by atoms with Gasteiger partial charge in [-0.3, -0.25) is 9.69 Å². The van der Waals surface area contributed by atoms with E-state index in [1.807, 2.05) is 30.3 Å². The van der Waals surface area contributed by atoms with Gasteiger partial charge in [0.15, 0.2) is 5.58 Å². The molecular formula is C42H40Cl2N6O5. The van der Waals surface area contributed by atoms with Crippen molar-refractivity contribution in [2.24, 2.45) is 0 Å². The van der Waals surface area contributed by atoms with Gasteiger partial charge in [-0.05, 0) is 84.5 Å². The van der Waals surface area contributed by atoms with Crippen LogP contribution in [0.4, 0.5) is 0 Å². The first kappa shape index (κ1) is 36.0. The summed E-state index contributed by atoms with van der Waals surface area (Å²) in [5.74, 6) is 1.18. The lowest BCUT2D eigenvalue weighted by Gasteiger charge is -2.24. The topological polar surface area (TPSA) is 146 Å². The number of fused-ring (bicyclic) bond motifs is 3. The van der Waals surface area contributed by atoms with E-state index in [2.05, 4.69) is 44.8 Å². The van der Waals surface area contributed by atoms with Crippen molar-refractivity contribution in [2.45, 2.75) is 75.8 Å². The number of methoxy groups -OCH3 is 1. The summed E-state index contributed by atoms with van der Waals surface area (Å²) in [6, 6.07) is 18.5. The minimum Gasteiger partial charge on any atom is -0.481 e. The van der Waals surface area contributed by atoms with Crippen molar-refractivity contribution >= 4 is 40.2 Å². The Labute approximate surface area is 328 Å². The van der Waals surface area contributed by atoms with E-state index in [0.29, 0.717) is 76.0 Å². The predicted molar refractivity (Wildman–Crippen MR) is 208 cm³/mol. The van der Waals surface area contributed by atoms with Crippen LogP contribution in [-0.4, -0.2) is 64.8 Å². The molecule has 0 bridgehead atoms. The van der Waals surface area contributed by atoms with E-state index in [-0.39, 0.29) is 30.2 Å². The van der Waals surface area contributed by atoms with Crippen molar-refractivity contribution in [1.82, 2.24) is 25.5 Å². The molecule has 2 aliphatic heterocycles. The molecule has 0 saturated carbocycles. The standard InChI is InChI=1S/C42H40Cl2N6O5/c1-53-40-22(19-46-20-23-8-13-37(52)47-23)16-33(43)42(49-40)54-36-12-10-26-25(4-2-5-28(26)36)29-6-3-7-30(38(29)44)41-48-34-17-31-27(32(18-45)39(34)55-41)9-11-35(31)50-15-14-24(51)21-50/h2-7,16-17,23-24,35-36,46,51H,8-15,19-21H2,1H3,(H,47,52)/t23-,24-,35-,36+/m1/s1. The normalized spacial score (nSPS) is 21.8. The number of ether oxygens (including phenoxy) is 2. The first-order chi connectivity index (χ1) is 26.8. The number of nitrogens with zero attached hydrogens (tertiary/aromatic N) is 4. The van der Waals surface area contributed by atoms with E-state index < -0.39 is 0 Å². The molecule has 0 radical (unpaired) electrons. The molecule has 3 aromatic carbocycles. The third kappa shape index (κ3) is 6.60. The number of carbonyl (C=O) groups excluding carboxylic acids is 1. The van der Waals surface area contributed by atoms with Gasteiger partial charge in [0, 0.05) is 55.8 Å². The Morgan fingerprint density at radius 3 is 2.60 bits per heavy atom. The second-order valence-electron chi connectivity index (χ2n) is 14.9. The number of rotatable bonds is 10. The smallest absolute Gasteiger partial charge is 0.236 e. The van der Waals surface area contributed by atoms with Crippen molar-refractivity contribution in [3.63, 3.8) is 0 Å². The molecule has 2 fully saturated rings. The van der Waals surface area contributed by atoms with Crippen LogP contribution in [0.5, 0.6) is 11.8 Å². The number of nitriles is 1. The van der Waals surface area contributed by atoms with Crippen molar-refractivity contribution in [3.8, 4) is 40.4 Å². The molecule has 0 unspecified atom stereocenters. The van der Waals surface area contributed by atoms with Gasteiger partial charge >= 0.3 is 0 Å². The van der Waals surface area contributed by atoms with Crippen LogP contribution in [0.15, 0.2) is 52.9 Å². The van der Waals surface area contributed by atoms with E-state index >= 15 is 0 Å². The molecule has 1 amide bonds. The summed E-state index contributed by atoms with van der Waals surface area (Å²) in [5.41, 5.74) is 9.21. The number of aliphatic hydroxyl groups is 1. The number of hydrogen-bond donors (Lipinski definition) is 3. The second-order valence-corrected chi connectivity index (χ2v) is 15.6. The lowest BCUT2D eigenvalue weighted by atomic mass is 9.95. The SMILES string of the molecule is COc1nc(O[C@H]2CCc3c(-c4cccc(-c5nc6cc7c(c(C#N)c6o5)CC[C@H]7N5CC[C@@H](O)C5)c4Cl)cccc32)c(Cl)cc1CNC[C@H]1CCC(=O)N1. The first-order valence-corrected chi connectivity index (χ1v) is 19.6. The van der Waals surface area contributed by atoms with Gasteiger partial charge in [0.2, 0.25) is 23.6 Å². The third-order valence-corrected chi connectivity index (χ3v) is 12.2. The van der Waals surface area contributed by atoms with Crippen molar-refractivity contribution in [1.29, 1.82) is 5.26 Å². The summed E-state index contributed by atoms with van der Waals surface area (Å²) in [5, 5.41) is 27.7. The first-order valence-electron chi connectivity index (χ1n) is 18.9. The van der Waals surface area contributed by atoms with Crippen LogP contribution >= 0.6 is 23.2 Å². The lowest BCUT2D eigenvalue weighted by Crippen LogP contribution is -2.35. The molecule has 13 heteroatoms. The highest BCUT2D eigenvalue weighted by Crippen LogP contribution is 2.46. The van der Waals surface area contributed by atoms with E-state index in [9.17, 15) is 15.2 Å².